The molecule has 31 heavy (non-hydrogen) atoms. The first-order valence-corrected chi connectivity index (χ1v) is 9.83. The summed E-state index contributed by atoms with van der Waals surface area (Å²) in [5.41, 5.74) is 0.590. The Bertz CT molecular complexity index is 956. The average molecular weight is 440 g/mol. The van der Waals surface area contributed by atoms with Gasteiger partial charge in [-0.15, -0.1) is 0 Å². The van der Waals surface area contributed by atoms with Gasteiger partial charge >= 0.3 is 6.18 Å². The predicted octanol–water partition coefficient (Wildman–Crippen LogP) is 3.03. The second kappa shape index (κ2) is 8.29. The van der Waals surface area contributed by atoms with Gasteiger partial charge in [0, 0.05) is 25.6 Å². The molecule has 1 amide bonds. The van der Waals surface area contributed by atoms with Crippen LogP contribution in [-0.2, 0) is 4.74 Å². The van der Waals surface area contributed by atoms with Gasteiger partial charge < -0.3 is 24.4 Å². The van der Waals surface area contributed by atoms with E-state index in [9.17, 15) is 18.0 Å². The highest BCUT2D eigenvalue weighted by Gasteiger charge is 2.47. The van der Waals surface area contributed by atoms with E-state index in [1.54, 1.807) is 18.2 Å². The van der Waals surface area contributed by atoms with Crippen LogP contribution in [0.5, 0.6) is 11.5 Å². The Labute approximate surface area is 176 Å². The molecule has 8 nitrogen and oxygen atoms in total. The third-order valence-electron chi connectivity index (χ3n) is 5.52. The molecule has 2 aliphatic rings. The molecule has 2 aromatic rings. The van der Waals surface area contributed by atoms with Gasteiger partial charge in [0.1, 0.15) is 5.82 Å². The first-order chi connectivity index (χ1) is 14.8. The highest BCUT2D eigenvalue weighted by molar-refractivity contribution is 5.93. The Hall–Kier alpha value is -2.95. The Kier molecular flexibility index (Phi) is 5.69. The van der Waals surface area contributed by atoms with E-state index in [-0.39, 0.29) is 17.9 Å². The number of hydrogen-bond donors (Lipinski definition) is 1. The summed E-state index contributed by atoms with van der Waals surface area (Å²) >= 11 is 0. The minimum Gasteiger partial charge on any atom is -0.493 e. The fraction of sp³-hybridized carbons (Fsp3) is 0.500. The van der Waals surface area contributed by atoms with Gasteiger partial charge in [0.05, 0.1) is 33.5 Å². The number of benzene rings is 1. The first-order valence-electron chi connectivity index (χ1n) is 9.83. The molecular weight excluding hydrogens is 417 g/mol. The molecule has 1 aromatic heterocycles. The number of amides is 1. The van der Waals surface area contributed by atoms with Crippen molar-refractivity contribution in [3.63, 3.8) is 0 Å². The summed E-state index contributed by atoms with van der Waals surface area (Å²) in [4.78, 5) is 14.3. The summed E-state index contributed by atoms with van der Waals surface area (Å²) in [5.74, 6) is 0.644. The summed E-state index contributed by atoms with van der Waals surface area (Å²) in [6.07, 6.45) is -4.81. The van der Waals surface area contributed by atoms with E-state index < -0.39 is 24.2 Å². The number of alkyl halides is 3. The van der Waals surface area contributed by atoms with Crippen molar-refractivity contribution < 1.29 is 32.2 Å². The number of aromatic nitrogens is 2. The Morgan fingerprint density at radius 3 is 2.52 bits per heavy atom. The van der Waals surface area contributed by atoms with Crippen LogP contribution in [0.3, 0.4) is 0 Å². The van der Waals surface area contributed by atoms with Crippen LogP contribution in [0.2, 0.25) is 0 Å². The Balaban J connectivity index is 1.66. The fourth-order valence-corrected chi connectivity index (χ4v) is 3.89. The third-order valence-corrected chi connectivity index (χ3v) is 5.52. The number of ether oxygens (including phenoxy) is 3. The topological polar surface area (TPSA) is 77.9 Å². The van der Waals surface area contributed by atoms with Crippen molar-refractivity contribution in [1.29, 1.82) is 0 Å². The minimum absolute atomic E-state index is 0.0217. The average Bonchev–Trinajstić information content (AvgIpc) is 3.21. The van der Waals surface area contributed by atoms with E-state index in [1.807, 2.05) is 0 Å². The zero-order chi connectivity index (χ0) is 22.2. The van der Waals surface area contributed by atoms with Gasteiger partial charge in [0.25, 0.3) is 5.91 Å². The minimum atomic E-state index is -4.53. The van der Waals surface area contributed by atoms with Crippen LogP contribution < -0.4 is 14.8 Å². The molecule has 168 valence electrons. The van der Waals surface area contributed by atoms with Crippen LogP contribution in [0, 0.1) is 0 Å². The molecule has 0 bridgehead atoms. The van der Waals surface area contributed by atoms with E-state index in [0.29, 0.717) is 43.4 Å². The maximum atomic E-state index is 13.9. The van der Waals surface area contributed by atoms with Gasteiger partial charge in [-0.25, -0.2) is 4.68 Å². The number of nitrogens with zero attached hydrogens (tertiary/aromatic N) is 3. The number of carbonyl (C=O) groups excluding carboxylic acids is 1. The summed E-state index contributed by atoms with van der Waals surface area (Å²) in [6, 6.07) is 3.85. The molecule has 0 spiro atoms. The van der Waals surface area contributed by atoms with Crippen molar-refractivity contribution in [2.45, 2.75) is 24.7 Å². The highest BCUT2D eigenvalue weighted by atomic mass is 19.4. The predicted molar refractivity (Wildman–Crippen MR) is 105 cm³/mol. The lowest BCUT2D eigenvalue weighted by Gasteiger charge is -2.33. The Morgan fingerprint density at radius 1 is 1.16 bits per heavy atom. The summed E-state index contributed by atoms with van der Waals surface area (Å²) in [7, 11) is 2.95. The number of halogens is 3. The van der Waals surface area contributed by atoms with Gasteiger partial charge in [0.15, 0.2) is 23.2 Å². The molecule has 1 saturated heterocycles. The van der Waals surface area contributed by atoms with Gasteiger partial charge in [-0.05, 0) is 17.7 Å². The quantitative estimate of drug-likeness (QED) is 0.788. The van der Waals surface area contributed by atoms with Crippen molar-refractivity contribution in [2.75, 3.05) is 45.8 Å². The van der Waals surface area contributed by atoms with Crippen LogP contribution in [0.4, 0.5) is 19.0 Å². The van der Waals surface area contributed by atoms with E-state index in [2.05, 4.69) is 10.4 Å². The number of hydrogen-bond acceptors (Lipinski definition) is 6. The maximum absolute atomic E-state index is 13.9. The SMILES string of the molecule is COc1ccc([C@H]2C[C@@H](C(F)(F)F)n3nc(C(=O)N4CCOCC4)cc3N2)cc1OC. The van der Waals surface area contributed by atoms with E-state index in [1.165, 1.54) is 25.2 Å². The van der Waals surface area contributed by atoms with Crippen molar-refractivity contribution in [2.24, 2.45) is 0 Å². The fourth-order valence-electron chi connectivity index (χ4n) is 3.89. The van der Waals surface area contributed by atoms with Gasteiger partial charge in [-0.1, -0.05) is 6.07 Å². The zero-order valence-corrected chi connectivity index (χ0v) is 17.1. The summed E-state index contributed by atoms with van der Waals surface area (Å²) in [6.45, 7) is 1.55. The van der Waals surface area contributed by atoms with Crippen molar-refractivity contribution in [3.05, 3.63) is 35.5 Å². The lowest BCUT2D eigenvalue weighted by atomic mass is 9.96. The third kappa shape index (κ3) is 4.14. The standard InChI is InChI=1S/C20H23F3N4O4/c1-29-15-4-3-12(9-16(15)30-2)13-10-17(20(21,22)23)27-18(24-13)11-14(25-27)19(28)26-5-7-31-8-6-26/h3-4,9,11,13,17,24H,5-8,10H2,1-2H3/t13-,17+/m1/s1. The summed E-state index contributed by atoms with van der Waals surface area (Å²) < 4.78 is 58.3. The van der Waals surface area contributed by atoms with E-state index in [0.717, 1.165) is 4.68 Å². The number of rotatable bonds is 4. The zero-order valence-electron chi connectivity index (χ0n) is 17.1. The number of carbonyl (C=O) groups is 1. The molecule has 1 N–H and O–H groups in total. The smallest absolute Gasteiger partial charge is 0.410 e. The molecule has 3 heterocycles. The normalized spacial score (nSPS) is 21.3. The molecule has 4 rings (SSSR count). The number of fused-ring (bicyclic) bond motifs is 1. The van der Waals surface area contributed by atoms with Gasteiger partial charge in [-0.3, -0.25) is 4.79 Å². The second-order valence-electron chi connectivity index (χ2n) is 7.37. The number of morpholine rings is 1. The van der Waals surface area contributed by atoms with Crippen molar-refractivity contribution in [1.82, 2.24) is 14.7 Å². The van der Waals surface area contributed by atoms with Gasteiger partial charge in [-0.2, -0.15) is 18.3 Å². The molecule has 0 radical (unpaired) electrons. The van der Waals surface area contributed by atoms with Crippen molar-refractivity contribution in [3.8, 4) is 11.5 Å². The van der Waals surface area contributed by atoms with Crippen LogP contribution in [0.25, 0.3) is 0 Å². The number of methoxy groups -OCH3 is 2. The van der Waals surface area contributed by atoms with Crippen LogP contribution >= 0.6 is 0 Å². The molecule has 2 aliphatic heterocycles. The lowest BCUT2D eigenvalue weighted by molar-refractivity contribution is -0.173. The molecule has 11 heteroatoms. The highest BCUT2D eigenvalue weighted by Crippen LogP contribution is 2.44. The van der Waals surface area contributed by atoms with Crippen molar-refractivity contribution >= 4 is 11.7 Å². The summed E-state index contributed by atoms with van der Waals surface area (Å²) in [5, 5.41) is 7.11. The molecule has 0 aliphatic carbocycles. The second-order valence-corrected chi connectivity index (χ2v) is 7.37. The molecule has 0 saturated carbocycles. The van der Waals surface area contributed by atoms with Crippen LogP contribution in [0.15, 0.2) is 24.3 Å². The molecule has 2 atom stereocenters. The Morgan fingerprint density at radius 2 is 1.87 bits per heavy atom. The molecular formula is C20H23F3N4O4. The number of nitrogens with one attached hydrogen (secondary N) is 1. The monoisotopic (exact) mass is 440 g/mol. The van der Waals surface area contributed by atoms with Crippen LogP contribution in [0.1, 0.15) is 34.6 Å². The maximum Gasteiger partial charge on any atom is 0.410 e. The first kappa shape index (κ1) is 21.3. The largest absolute Gasteiger partial charge is 0.493 e. The lowest BCUT2D eigenvalue weighted by Crippen LogP contribution is -2.41. The van der Waals surface area contributed by atoms with E-state index >= 15 is 0 Å². The number of anilines is 1. The van der Waals surface area contributed by atoms with E-state index in [4.69, 9.17) is 14.2 Å². The van der Waals surface area contributed by atoms with Crippen LogP contribution in [-0.4, -0.2) is 67.3 Å². The molecule has 1 fully saturated rings. The molecule has 0 unspecified atom stereocenters. The van der Waals surface area contributed by atoms with Gasteiger partial charge in [0.2, 0.25) is 0 Å². The molecule has 1 aromatic carbocycles.